The van der Waals surface area contributed by atoms with Gasteiger partial charge in [0.15, 0.2) is 0 Å². The highest BCUT2D eigenvalue weighted by Gasteiger charge is 2.08. The molecule has 0 unspecified atom stereocenters. The van der Waals surface area contributed by atoms with E-state index in [1.54, 1.807) is 0 Å². The average Bonchev–Trinajstić information content (AvgIpc) is 2.77. The highest BCUT2D eigenvalue weighted by atomic mass is 35.5. The van der Waals surface area contributed by atoms with Crippen LogP contribution in [0, 0.1) is 0 Å². The first kappa shape index (κ1) is 13.2. The third-order valence-corrected chi connectivity index (χ3v) is 3.80. The summed E-state index contributed by atoms with van der Waals surface area (Å²) in [6, 6.07) is 14.1. The predicted octanol–water partition coefficient (Wildman–Crippen LogP) is 3.28. The van der Waals surface area contributed by atoms with Crippen molar-refractivity contribution in [3.05, 3.63) is 64.4 Å². The standard InChI is InChI=1S/C16H16ClN3/c1-20-15-7-4-12(10-18)8-14(15)19-16(20)9-11-2-5-13(17)6-3-11/h2-8H,9-10,18H2,1H3. The summed E-state index contributed by atoms with van der Waals surface area (Å²) in [5.41, 5.74) is 10.1. The second-order valence-corrected chi connectivity index (χ2v) is 5.35. The minimum absolute atomic E-state index is 0.541. The fourth-order valence-electron chi connectivity index (χ4n) is 2.37. The molecule has 3 rings (SSSR count). The molecule has 4 heteroatoms. The first-order valence-electron chi connectivity index (χ1n) is 6.56. The van der Waals surface area contributed by atoms with Crippen LogP contribution in [-0.4, -0.2) is 9.55 Å². The molecule has 1 heterocycles. The molecule has 0 bridgehead atoms. The lowest BCUT2D eigenvalue weighted by molar-refractivity contribution is 0.844. The molecular formula is C16H16ClN3. The van der Waals surface area contributed by atoms with Crippen LogP contribution in [-0.2, 0) is 20.0 Å². The first-order valence-corrected chi connectivity index (χ1v) is 6.94. The Morgan fingerprint density at radius 1 is 1.10 bits per heavy atom. The summed E-state index contributed by atoms with van der Waals surface area (Å²) in [6.07, 6.45) is 0.792. The van der Waals surface area contributed by atoms with E-state index in [1.807, 2.05) is 31.3 Å². The Hall–Kier alpha value is -1.84. The number of nitrogens with two attached hydrogens (primary N) is 1. The van der Waals surface area contributed by atoms with Gasteiger partial charge in [-0.2, -0.15) is 0 Å². The van der Waals surface area contributed by atoms with Crippen molar-refractivity contribution in [3.8, 4) is 0 Å². The molecule has 0 saturated heterocycles. The molecular weight excluding hydrogens is 270 g/mol. The number of hydrogen-bond acceptors (Lipinski definition) is 2. The molecule has 0 saturated carbocycles. The minimum Gasteiger partial charge on any atom is -0.331 e. The number of aromatic nitrogens is 2. The summed E-state index contributed by atoms with van der Waals surface area (Å²) in [7, 11) is 2.04. The van der Waals surface area contributed by atoms with Crippen LogP contribution in [0.25, 0.3) is 11.0 Å². The number of halogens is 1. The van der Waals surface area contributed by atoms with E-state index in [0.717, 1.165) is 33.9 Å². The number of rotatable bonds is 3. The fraction of sp³-hybridized carbons (Fsp3) is 0.188. The highest BCUT2D eigenvalue weighted by Crippen LogP contribution is 2.19. The van der Waals surface area contributed by atoms with Gasteiger partial charge in [-0.3, -0.25) is 0 Å². The molecule has 3 aromatic rings. The lowest BCUT2D eigenvalue weighted by Gasteiger charge is -2.03. The van der Waals surface area contributed by atoms with Crippen LogP contribution in [0.15, 0.2) is 42.5 Å². The zero-order chi connectivity index (χ0) is 14.1. The van der Waals surface area contributed by atoms with E-state index in [-0.39, 0.29) is 0 Å². The second kappa shape index (κ2) is 5.27. The molecule has 0 aliphatic heterocycles. The summed E-state index contributed by atoms with van der Waals surface area (Å²) in [5, 5.41) is 0.756. The van der Waals surface area contributed by atoms with Gasteiger partial charge in [0, 0.05) is 25.0 Å². The Morgan fingerprint density at radius 2 is 1.80 bits per heavy atom. The van der Waals surface area contributed by atoms with Gasteiger partial charge < -0.3 is 10.3 Å². The fourth-order valence-corrected chi connectivity index (χ4v) is 2.49. The number of hydrogen-bond donors (Lipinski definition) is 1. The summed E-state index contributed by atoms with van der Waals surface area (Å²) >= 11 is 5.91. The quantitative estimate of drug-likeness (QED) is 0.802. The zero-order valence-electron chi connectivity index (χ0n) is 11.3. The number of imidazole rings is 1. The highest BCUT2D eigenvalue weighted by molar-refractivity contribution is 6.30. The van der Waals surface area contributed by atoms with Gasteiger partial charge >= 0.3 is 0 Å². The second-order valence-electron chi connectivity index (χ2n) is 4.92. The molecule has 102 valence electrons. The normalized spacial score (nSPS) is 11.2. The van der Waals surface area contributed by atoms with Crippen LogP contribution in [0.2, 0.25) is 5.02 Å². The van der Waals surface area contributed by atoms with Crippen molar-refractivity contribution in [3.63, 3.8) is 0 Å². The van der Waals surface area contributed by atoms with Crippen molar-refractivity contribution >= 4 is 22.6 Å². The molecule has 0 aliphatic carbocycles. The summed E-state index contributed by atoms with van der Waals surface area (Å²) in [4.78, 5) is 4.71. The predicted molar refractivity (Wildman–Crippen MR) is 82.9 cm³/mol. The van der Waals surface area contributed by atoms with Gasteiger partial charge in [0.05, 0.1) is 11.0 Å². The Bertz CT molecular complexity index is 744. The van der Waals surface area contributed by atoms with Gasteiger partial charge in [-0.15, -0.1) is 0 Å². The molecule has 0 spiro atoms. The van der Waals surface area contributed by atoms with E-state index < -0.39 is 0 Å². The molecule has 3 nitrogen and oxygen atoms in total. The SMILES string of the molecule is Cn1c(Cc2ccc(Cl)cc2)nc2cc(CN)ccc21. The number of fused-ring (bicyclic) bond motifs is 1. The molecule has 2 aromatic carbocycles. The van der Waals surface area contributed by atoms with Crippen LogP contribution in [0.3, 0.4) is 0 Å². The summed E-state index contributed by atoms with van der Waals surface area (Å²) in [5.74, 6) is 1.04. The van der Waals surface area contributed by atoms with Crippen LogP contribution in [0.5, 0.6) is 0 Å². The summed E-state index contributed by atoms with van der Waals surface area (Å²) < 4.78 is 2.13. The van der Waals surface area contributed by atoms with Crippen LogP contribution in [0.1, 0.15) is 17.0 Å². The van der Waals surface area contributed by atoms with Crippen LogP contribution < -0.4 is 5.73 Å². The van der Waals surface area contributed by atoms with Gasteiger partial charge in [-0.05, 0) is 35.4 Å². The molecule has 0 fully saturated rings. The molecule has 0 atom stereocenters. The lowest BCUT2D eigenvalue weighted by atomic mass is 10.1. The third kappa shape index (κ3) is 2.42. The van der Waals surface area contributed by atoms with Crippen LogP contribution >= 0.6 is 11.6 Å². The maximum atomic E-state index is 5.91. The number of nitrogens with zero attached hydrogens (tertiary/aromatic N) is 2. The monoisotopic (exact) mass is 285 g/mol. The molecule has 2 N–H and O–H groups in total. The first-order chi connectivity index (χ1) is 9.67. The smallest absolute Gasteiger partial charge is 0.114 e. The van der Waals surface area contributed by atoms with Crippen molar-refractivity contribution in [1.82, 2.24) is 9.55 Å². The number of aryl methyl sites for hydroxylation is 1. The Morgan fingerprint density at radius 3 is 2.50 bits per heavy atom. The van der Waals surface area contributed by atoms with Gasteiger partial charge in [0.25, 0.3) is 0 Å². The lowest BCUT2D eigenvalue weighted by Crippen LogP contribution is -1.99. The minimum atomic E-state index is 0.541. The molecule has 0 aliphatic rings. The van der Waals surface area contributed by atoms with E-state index in [2.05, 4.69) is 22.8 Å². The maximum Gasteiger partial charge on any atom is 0.114 e. The van der Waals surface area contributed by atoms with E-state index in [4.69, 9.17) is 22.3 Å². The van der Waals surface area contributed by atoms with Gasteiger partial charge in [0.2, 0.25) is 0 Å². The molecule has 0 amide bonds. The van der Waals surface area contributed by atoms with Crippen molar-refractivity contribution in [2.45, 2.75) is 13.0 Å². The average molecular weight is 286 g/mol. The largest absolute Gasteiger partial charge is 0.331 e. The van der Waals surface area contributed by atoms with E-state index in [9.17, 15) is 0 Å². The Kier molecular flexibility index (Phi) is 3.47. The molecule has 20 heavy (non-hydrogen) atoms. The topological polar surface area (TPSA) is 43.8 Å². The maximum absolute atomic E-state index is 5.91. The van der Waals surface area contributed by atoms with Crippen molar-refractivity contribution in [2.75, 3.05) is 0 Å². The summed E-state index contributed by atoms with van der Waals surface area (Å²) in [6.45, 7) is 0.541. The Balaban J connectivity index is 1.99. The van der Waals surface area contributed by atoms with Gasteiger partial charge in [-0.25, -0.2) is 4.98 Å². The zero-order valence-corrected chi connectivity index (χ0v) is 12.1. The van der Waals surface area contributed by atoms with E-state index in [0.29, 0.717) is 6.54 Å². The molecule has 1 aromatic heterocycles. The number of benzene rings is 2. The molecule has 0 radical (unpaired) electrons. The van der Waals surface area contributed by atoms with Crippen molar-refractivity contribution < 1.29 is 0 Å². The van der Waals surface area contributed by atoms with E-state index in [1.165, 1.54) is 5.56 Å². The Labute approximate surface area is 123 Å². The third-order valence-electron chi connectivity index (χ3n) is 3.55. The van der Waals surface area contributed by atoms with Crippen molar-refractivity contribution in [2.24, 2.45) is 12.8 Å². The van der Waals surface area contributed by atoms with Crippen LogP contribution in [0.4, 0.5) is 0 Å². The van der Waals surface area contributed by atoms with E-state index >= 15 is 0 Å². The van der Waals surface area contributed by atoms with Crippen molar-refractivity contribution in [1.29, 1.82) is 0 Å². The van der Waals surface area contributed by atoms with Gasteiger partial charge in [0.1, 0.15) is 5.82 Å². The van der Waals surface area contributed by atoms with Gasteiger partial charge in [-0.1, -0.05) is 29.8 Å².